The molecule has 1 unspecified atom stereocenters. The highest BCUT2D eigenvalue weighted by molar-refractivity contribution is 5.94. The van der Waals surface area contributed by atoms with Crippen LogP contribution in [0.2, 0.25) is 0 Å². The molecule has 26 heavy (non-hydrogen) atoms. The van der Waals surface area contributed by atoms with Crippen LogP contribution in [0.3, 0.4) is 0 Å². The number of carbonyl (C=O) groups is 1. The van der Waals surface area contributed by atoms with E-state index in [1.165, 1.54) is 0 Å². The van der Waals surface area contributed by atoms with Crippen molar-refractivity contribution in [1.82, 2.24) is 4.90 Å². The second-order valence-electron chi connectivity index (χ2n) is 6.69. The summed E-state index contributed by atoms with van der Waals surface area (Å²) in [6, 6.07) is 17.5. The Morgan fingerprint density at radius 3 is 2.81 bits per heavy atom. The third-order valence-electron chi connectivity index (χ3n) is 4.55. The molecule has 1 aliphatic heterocycles. The number of likely N-dealkylation sites (tertiary alicyclic amines) is 1. The van der Waals surface area contributed by atoms with Gasteiger partial charge in [0.1, 0.15) is 12.4 Å². The fourth-order valence-corrected chi connectivity index (χ4v) is 3.19. The van der Waals surface area contributed by atoms with E-state index >= 15 is 0 Å². The van der Waals surface area contributed by atoms with Crippen LogP contribution in [0.1, 0.15) is 42.1 Å². The van der Waals surface area contributed by atoms with E-state index in [0.29, 0.717) is 18.7 Å². The summed E-state index contributed by atoms with van der Waals surface area (Å²) in [6.45, 7) is 4.82. The number of piperidine rings is 1. The van der Waals surface area contributed by atoms with Crippen LogP contribution in [-0.4, -0.2) is 36.6 Å². The summed E-state index contributed by atoms with van der Waals surface area (Å²) >= 11 is 0. The zero-order valence-electron chi connectivity index (χ0n) is 15.4. The van der Waals surface area contributed by atoms with Gasteiger partial charge in [-0.15, -0.1) is 0 Å². The van der Waals surface area contributed by atoms with Gasteiger partial charge in [0.15, 0.2) is 0 Å². The molecule has 1 atom stereocenters. The quantitative estimate of drug-likeness (QED) is 0.745. The SMILES string of the molecule is CCCOC1CCCN(C(=O)c2cccc(OCc3ccccc3)c2)C1. The Bertz CT molecular complexity index is 702. The molecule has 4 heteroatoms. The number of hydrogen-bond donors (Lipinski definition) is 0. The van der Waals surface area contributed by atoms with E-state index in [4.69, 9.17) is 9.47 Å². The largest absolute Gasteiger partial charge is 0.489 e. The smallest absolute Gasteiger partial charge is 0.254 e. The van der Waals surface area contributed by atoms with Crippen LogP contribution in [0.5, 0.6) is 5.75 Å². The van der Waals surface area contributed by atoms with Crippen molar-refractivity contribution < 1.29 is 14.3 Å². The maximum Gasteiger partial charge on any atom is 0.254 e. The Balaban J connectivity index is 1.60. The second-order valence-corrected chi connectivity index (χ2v) is 6.69. The zero-order chi connectivity index (χ0) is 18.2. The Morgan fingerprint density at radius 1 is 1.15 bits per heavy atom. The zero-order valence-corrected chi connectivity index (χ0v) is 15.4. The molecule has 0 N–H and O–H groups in total. The highest BCUT2D eigenvalue weighted by atomic mass is 16.5. The summed E-state index contributed by atoms with van der Waals surface area (Å²) in [7, 11) is 0. The molecule has 1 fully saturated rings. The summed E-state index contributed by atoms with van der Waals surface area (Å²) in [4.78, 5) is 14.8. The maximum absolute atomic E-state index is 12.9. The fourth-order valence-electron chi connectivity index (χ4n) is 3.19. The Hall–Kier alpha value is -2.33. The van der Waals surface area contributed by atoms with E-state index in [2.05, 4.69) is 6.92 Å². The van der Waals surface area contributed by atoms with Crippen LogP contribution in [0.25, 0.3) is 0 Å². The molecule has 0 radical (unpaired) electrons. The minimum absolute atomic E-state index is 0.0555. The average Bonchev–Trinajstić information content (AvgIpc) is 2.71. The Morgan fingerprint density at radius 2 is 2.00 bits per heavy atom. The van der Waals surface area contributed by atoms with Gasteiger partial charge in [0.2, 0.25) is 0 Å². The molecule has 0 bridgehead atoms. The molecule has 2 aromatic rings. The predicted molar refractivity (Wildman–Crippen MR) is 102 cm³/mol. The monoisotopic (exact) mass is 353 g/mol. The summed E-state index contributed by atoms with van der Waals surface area (Å²) in [5.74, 6) is 0.774. The highest BCUT2D eigenvalue weighted by Gasteiger charge is 2.25. The van der Waals surface area contributed by atoms with Gasteiger partial charge in [-0.2, -0.15) is 0 Å². The number of hydrogen-bond acceptors (Lipinski definition) is 3. The van der Waals surface area contributed by atoms with Crippen molar-refractivity contribution in [2.24, 2.45) is 0 Å². The van der Waals surface area contributed by atoms with Crippen molar-refractivity contribution in [3.05, 3.63) is 65.7 Å². The standard InChI is InChI=1S/C22H27NO3/c1-2-14-25-21-12-7-13-23(16-21)22(24)19-10-6-11-20(15-19)26-17-18-8-4-3-5-9-18/h3-6,8-11,15,21H,2,7,12-14,16-17H2,1H3. The van der Waals surface area contributed by atoms with Gasteiger partial charge in [-0.1, -0.05) is 43.3 Å². The van der Waals surface area contributed by atoms with E-state index in [1.54, 1.807) is 0 Å². The first kappa shape index (κ1) is 18.5. The van der Waals surface area contributed by atoms with E-state index in [1.807, 2.05) is 59.5 Å². The summed E-state index contributed by atoms with van der Waals surface area (Å²) in [5.41, 5.74) is 1.78. The molecular weight excluding hydrogens is 326 g/mol. The highest BCUT2D eigenvalue weighted by Crippen LogP contribution is 2.20. The molecule has 0 aromatic heterocycles. The lowest BCUT2D eigenvalue weighted by Crippen LogP contribution is -2.43. The molecule has 4 nitrogen and oxygen atoms in total. The predicted octanol–water partition coefficient (Wildman–Crippen LogP) is 4.30. The molecule has 3 rings (SSSR count). The number of nitrogens with zero attached hydrogens (tertiary/aromatic N) is 1. The summed E-state index contributed by atoms with van der Waals surface area (Å²) < 4.78 is 11.7. The van der Waals surface area contributed by atoms with Crippen molar-refractivity contribution in [3.63, 3.8) is 0 Å². The van der Waals surface area contributed by atoms with Crippen molar-refractivity contribution in [1.29, 1.82) is 0 Å². The molecule has 1 amide bonds. The number of rotatable bonds is 7. The van der Waals surface area contributed by atoms with E-state index < -0.39 is 0 Å². The lowest BCUT2D eigenvalue weighted by atomic mass is 10.1. The molecule has 1 aliphatic rings. The van der Waals surface area contributed by atoms with Gasteiger partial charge in [-0.05, 0) is 43.0 Å². The lowest BCUT2D eigenvalue weighted by molar-refractivity contribution is 0.00210. The number of amides is 1. The van der Waals surface area contributed by atoms with Gasteiger partial charge in [-0.3, -0.25) is 4.79 Å². The number of benzene rings is 2. The van der Waals surface area contributed by atoms with E-state index in [0.717, 1.165) is 43.7 Å². The molecule has 2 aromatic carbocycles. The van der Waals surface area contributed by atoms with Gasteiger partial charge < -0.3 is 14.4 Å². The van der Waals surface area contributed by atoms with Crippen LogP contribution in [0.15, 0.2) is 54.6 Å². The molecular formula is C22H27NO3. The summed E-state index contributed by atoms with van der Waals surface area (Å²) in [6.07, 6.45) is 3.18. The first-order chi connectivity index (χ1) is 12.8. The van der Waals surface area contributed by atoms with E-state index in [-0.39, 0.29) is 12.0 Å². The average molecular weight is 353 g/mol. The first-order valence-electron chi connectivity index (χ1n) is 9.44. The second kappa shape index (κ2) is 9.39. The third kappa shape index (κ3) is 5.09. The third-order valence-corrected chi connectivity index (χ3v) is 4.55. The van der Waals surface area contributed by atoms with E-state index in [9.17, 15) is 4.79 Å². The Kier molecular flexibility index (Phi) is 6.67. The van der Waals surface area contributed by atoms with Crippen LogP contribution in [-0.2, 0) is 11.3 Å². The van der Waals surface area contributed by atoms with Gasteiger partial charge in [0, 0.05) is 25.3 Å². The minimum Gasteiger partial charge on any atom is -0.489 e. The van der Waals surface area contributed by atoms with Gasteiger partial charge >= 0.3 is 0 Å². The Labute approximate surface area is 155 Å². The first-order valence-corrected chi connectivity index (χ1v) is 9.44. The molecule has 0 aliphatic carbocycles. The van der Waals surface area contributed by atoms with Crippen LogP contribution in [0.4, 0.5) is 0 Å². The van der Waals surface area contributed by atoms with Crippen LogP contribution in [0, 0.1) is 0 Å². The molecule has 138 valence electrons. The van der Waals surface area contributed by atoms with Crippen LogP contribution >= 0.6 is 0 Å². The maximum atomic E-state index is 12.9. The normalized spacial score (nSPS) is 17.1. The minimum atomic E-state index is 0.0555. The molecule has 0 saturated carbocycles. The van der Waals surface area contributed by atoms with Gasteiger partial charge in [-0.25, -0.2) is 0 Å². The number of carbonyl (C=O) groups excluding carboxylic acids is 1. The van der Waals surface area contributed by atoms with Crippen molar-refractivity contribution in [3.8, 4) is 5.75 Å². The van der Waals surface area contributed by atoms with Gasteiger partial charge in [0.05, 0.1) is 6.10 Å². The van der Waals surface area contributed by atoms with Gasteiger partial charge in [0.25, 0.3) is 5.91 Å². The van der Waals surface area contributed by atoms with Crippen molar-refractivity contribution >= 4 is 5.91 Å². The summed E-state index contributed by atoms with van der Waals surface area (Å²) in [5, 5.41) is 0. The fraction of sp³-hybridized carbons (Fsp3) is 0.409. The van der Waals surface area contributed by atoms with Crippen molar-refractivity contribution in [2.75, 3.05) is 19.7 Å². The van der Waals surface area contributed by atoms with Crippen molar-refractivity contribution in [2.45, 2.75) is 38.9 Å². The molecule has 0 spiro atoms. The molecule has 1 heterocycles. The lowest BCUT2D eigenvalue weighted by Gasteiger charge is -2.32. The van der Waals surface area contributed by atoms with Crippen LogP contribution < -0.4 is 4.74 Å². The number of ether oxygens (including phenoxy) is 2. The topological polar surface area (TPSA) is 38.8 Å². The molecule has 1 saturated heterocycles.